The predicted molar refractivity (Wildman–Crippen MR) is 68.7 cm³/mol. The van der Waals surface area contributed by atoms with Crippen molar-refractivity contribution in [3.05, 3.63) is 29.8 Å². The zero-order valence-electron chi connectivity index (χ0n) is 10.6. The first-order valence-electron chi connectivity index (χ1n) is 5.60. The van der Waals surface area contributed by atoms with Gasteiger partial charge in [0.25, 0.3) is 5.91 Å². The minimum atomic E-state index is -3.55. The molecule has 1 atom stereocenters. The maximum absolute atomic E-state index is 11.9. The monoisotopic (exact) mass is 285 g/mol. The SMILES string of the molecule is CCC(NC(=O)c1ccccc1S(C)(=O)=O)C(=O)O. The van der Waals surface area contributed by atoms with Gasteiger partial charge >= 0.3 is 5.97 Å². The summed E-state index contributed by atoms with van der Waals surface area (Å²) >= 11 is 0. The first-order valence-corrected chi connectivity index (χ1v) is 7.49. The molecule has 0 heterocycles. The lowest BCUT2D eigenvalue weighted by atomic mass is 10.1. The van der Waals surface area contributed by atoms with Gasteiger partial charge in [0, 0.05) is 6.26 Å². The van der Waals surface area contributed by atoms with E-state index in [9.17, 15) is 18.0 Å². The number of rotatable bonds is 5. The average molecular weight is 285 g/mol. The molecule has 0 aliphatic carbocycles. The van der Waals surface area contributed by atoms with Gasteiger partial charge in [-0.05, 0) is 18.6 Å². The lowest BCUT2D eigenvalue weighted by Crippen LogP contribution is -2.40. The van der Waals surface area contributed by atoms with Crippen molar-refractivity contribution in [1.82, 2.24) is 5.32 Å². The number of amides is 1. The minimum absolute atomic E-state index is 0.0512. The van der Waals surface area contributed by atoms with E-state index < -0.39 is 27.8 Å². The summed E-state index contributed by atoms with van der Waals surface area (Å²) in [5.74, 6) is -1.87. The van der Waals surface area contributed by atoms with Gasteiger partial charge in [0.1, 0.15) is 6.04 Å². The Morgan fingerprint density at radius 2 is 1.89 bits per heavy atom. The molecule has 0 bridgehead atoms. The van der Waals surface area contributed by atoms with Crippen molar-refractivity contribution in [2.45, 2.75) is 24.3 Å². The summed E-state index contributed by atoms with van der Waals surface area (Å²) in [4.78, 5) is 22.7. The van der Waals surface area contributed by atoms with Crippen LogP contribution in [0.15, 0.2) is 29.2 Å². The highest BCUT2D eigenvalue weighted by Gasteiger charge is 2.22. The lowest BCUT2D eigenvalue weighted by molar-refractivity contribution is -0.139. The summed E-state index contributed by atoms with van der Waals surface area (Å²) in [5.41, 5.74) is -0.0512. The van der Waals surface area contributed by atoms with Gasteiger partial charge in [0.15, 0.2) is 9.84 Å². The Morgan fingerprint density at radius 3 is 2.37 bits per heavy atom. The molecule has 0 aromatic heterocycles. The number of hydrogen-bond acceptors (Lipinski definition) is 4. The minimum Gasteiger partial charge on any atom is -0.480 e. The zero-order valence-corrected chi connectivity index (χ0v) is 11.4. The molecule has 104 valence electrons. The van der Waals surface area contributed by atoms with Crippen molar-refractivity contribution < 1.29 is 23.1 Å². The van der Waals surface area contributed by atoms with Crippen molar-refractivity contribution in [1.29, 1.82) is 0 Å². The van der Waals surface area contributed by atoms with E-state index in [0.717, 1.165) is 6.26 Å². The molecule has 0 fully saturated rings. The van der Waals surface area contributed by atoms with Crippen molar-refractivity contribution in [3.63, 3.8) is 0 Å². The van der Waals surface area contributed by atoms with Crippen LogP contribution in [0.3, 0.4) is 0 Å². The normalized spacial score (nSPS) is 12.7. The molecule has 0 saturated heterocycles. The van der Waals surface area contributed by atoms with E-state index in [-0.39, 0.29) is 16.9 Å². The fourth-order valence-corrected chi connectivity index (χ4v) is 2.44. The molecular formula is C12H15NO5S. The first kappa shape index (κ1) is 15.2. The number of hydrogen-bond donors (Lipinski definition) is 2. The van der Waals surface area contributed by atoms with E-state index >= 15 is 0 Å². The van der Waals surface area contributed by atoms with Crippen molar-refractivity contribution in [2.75, 3.05) is 6.26 Å². The van der Waals surface area contributed by atoms with Crippen LogP contribution in [0.2, 0.25) is 0 Å². The molecular weight excluding hydrogens is 270 g/mol. The summed E-state index contributed by atoms with van der Waals surface area (Å²) in [5, 5.41) is 11.2. The molecule has 7 heteroatoms. The first-order chi connectivity index (χ1) is 8.77. The molecule has 1 aromatic rings. The number of aliphatic carboxylic acids is 1. The molecule has 0 spiro atoms. The second kappa shape index (κ2) is 5.83. The second-order valence-corrected chi connectivity index (χ2v) is 6.03. The predicted octanol–water partition coefficient (Wildman–Crippen LogP) is 0.683. The number of carboxylic acid groups (broad SMARTS) is 1. The second-order valence-electron chi connectivity index (χ2n) is 4.04. The van der Waals surface area contributed by atoms with Crippen LogP contribution in [-0.4, -0.2) is 37.7 Å². The van der Waals surface area contributed by atoms with Gasteiger partial charge in [-0.3, -0.25) is 4.79 Å². The van der Waals surface area contributed by atoms with E-state index in [2.05, 4.69) is 5.32 Å². The van der Waals surface area contributed by atoms with E-state index in [0.29, 0.717) is 0 Å². The third-order valence-electron chi connectivity index (χ3n) is 2.54. The van der Waals surface area contributed by atoms with E-state index in [4.69, 9.17) is 5.11 Å². The highest BCUT2D eigenvalue weighted by atomic mass is 32.2. The maximum Gasteiger partial charge on any atom is 0.326 e. The van der Waals surface area contributed by atoms with Crippen LogP contribution in [0, 0.1) is 0 Å². The Bertz CT molecular complexity index is 594. The van der Waals surface area contributed by atoms with Gasteiger partial charge in [-0.15, -0.1) is 0 Å². The van der Waals surface area contributed by atoms with Gasteiger partial charge in [-0.2, -0.15) is 0 Å². The van der Waals surface area contributed by atoms with E-state index in [1.807, 2.05) is 0 Å². The smallest absolute Gasteiger partial charge is 0.326 e. The Hall–Kier alpha value is -1.89. The van der Waals surface area contributed by atoms with Crippen LogP contribution in [0.25, 0.3) is 0 Å². The van der Waals surface area contributed by atoms with Crippen LogP contribution in [0.4, 0.5) is 0 Å². The molecule has 1 unspecified atom stereocenters. The standard InChI is InChI=1S/C12H15NO5S/c1-3-9(12(15)16)13-11(14)8-6-4-5-7-10(8)19(2,17)18/h4-7,9H,3H2,1-2H3,(H,13,14)(H,15,16). The van der Waals surface area contributed by atoms with Gasteiger partial charge in [0.2, 0.25) is 0 Å². The molecule has 1 amide bonds. The number of benzene rings is 1. The third kappa shape index (κ3) is 3.78. The van der Waals surface area contributed by atoms with Gasteiger partial charge in [-0.25, -0.2) is 13.2 Å². The maximum atomic E-state index is 11.9. The lowest BCUT2D eigenvalue weighted by Gasteiger charge is -2.13. The summed E-state index contributed by atoms with van der Waals surface area (Å²) in [6.07, 6.45) is 1.20. The molecule has 0 aliphatic rings. The van der Waals surface area contributed by atoms with Crippen LogP contribution < -0.4 is 5.32 Å². The Balaban J connectivity index is 3.11. The summed E-state index contributed by atoms with van der Waals surface area (Å²) in [6, 6.07) is 4.64. The molecule has 1 rings (SSSR count). The molecule has 6 nitrogen and oxygen atoms in total. The largest absolute Gasteiger partial charge is 0.480 e. The molecule has 0 radical (unpaired) electrons. The number of carbonyl (C=O) groups is 2. The molecule has 2 N–H and O–H groups in total. The topological polar surface area (TPSA) is 101 Å². The highest BCUT2D eigenvalue weighted by molar-refractivity contribution is 7.90. The molecule has 19 heavy (non-hydrogen) atoms. The molecule has 1 aromatic carbocycles. The van der Waals surface area contributed by atoms with Gasteiger partial charge in [-0.1, -0.05) is 19.1 Å². The average Bonchev–Trinajstić information content (AvgIpc) is 2.34. The van der Waals surface area contributed by atoms with Gasteiger partial charge in [0.05, 0.1) is 10.5 Å². The van der Waals surface area contributed by atoms with Crippen LogP contribution in [0.1, 0.15) is 23.7 Å². The number of nitrogens with one attached hydrogen (secondary N) is 1. The quantitative estimate of drug-likeness (QED) is 0.828. The Kier molecular flexibility index (Phi) is 4.66. The van der Waals surface area contributed by atoms with Crippen LogP contribution in [0.5, 0.6) is 0 Å². The highest BCUT2D eigenvalue weighted by Crippen LogP contribution is 2.15. The number of carbonyl (C=O) groups excluding carboxylic acids is 1. The Labute approximate surface area is 111 Å². The Morgan fingerprint density at radius 1 is 1.32 bits per heavy atom. The van der Waals surface area contributed by atoms with Gasteiger partial charge < -0.3 is 10.4 Å². The summed E-state index contributed by atoms with van der Waals surface area (Å²) in [6.45, 7) is 1.61. The summed E-state index contributed by atoms with van der Waals surface area (Å²) in [7, 11) is -3.55. The van der Waals surface area contributed by atoms with Crippen LogP contribution >= 0.6 is 0 Å². The van der Waals surface area contributed by atoms with Crippen molar-refractivity contribution in [2.24, 2.45) is 0 Å². The van der Waals surface area contributed by atoms with E-state index in [1.165, 1.54) is 24.3 Å². The number of sulfone groups is 1. The molecule has 0 saturated carbocycles. The summed E-state index contributed by atoms with van der Waals surface area (Å²) < 4.78 is 23.1. The van der Waals surface area contributed by atoms with Crippen molar-refractivity contribution in [3.8, 4) is 0 Å². The number of carboxylic acids is 1. The van der Waals surface area contributed by atoms with E-state index in [1.54, 1.807) is 6.92 Å². The van der Waals surface area contributed by atoms with Crippen LogP contribution in [-0.2, 0) is 14.6 Å². The fourth-order valence-electron chi connectivity index (χ4n) is 1.55. The van der Waals surface area contributed by atoms with Crippen molar-refractivity contribution >= 4 is 21.7 Å². The zero-order chi connectivity index (χ0) is 14.6. The third-order valence-corrected chi connectivity index (χ3v) is 3.70. The fraction of sp³-hybridized carbons (Fsp3) is 0.333. The molecule has 0 aliphatic heterocycles.